The Morgan fingerprint density at radius 3 is 2.70 bits per heavy atom. The quantitative estimate of drug-likeness (QED) is 0.837. The van der Waals surface area contributed by atoms with E-state index in [1.807, 2.05) is 23.1 Å². The fourth-order valence-electron chi connectivity index (χ4n) is 3.03. The molecule has 2 aromatic rings. The molecule has 1 fully saturated rings. The van der Waals surface area contributed by atoms with E-state index in [4.69, 9.17) is 0 Å². The second kappa shape index (κ2) is 5.45. The minimum Gasteiger partial charge on any atom is -0.335 e. The zero-order valence-electron chi connectivity index (χ0n) is 11.6. The van der Waals surface area contributed by atoms with Crippen molar-refractivity contribution in [2.75, 3.05) is 6.54 Å². The summed E-state index contributed by atoms with van der Waals surface area (Å²) in [6.45, 7) is 2.95. The number of amides is 1. The first-order valence-corrected chi connectivity index (χ1v) is 7.03. The van der Waals surface area contributed by atoms with E-state index < -0.39 is 0 Å². The molecule has 1 aromatic carbocycles. The van der Waals surface area contributed by atoms with Crippen molar-refractivity contribution in [1.29, 1.82) is 0 Å². The van der Waals surface area contributed by atoms with Gasteiger partial charge in [-0.1, -0.05) is 30.3 Å². The summed E-state index contributed by atoms with van der Waals surface area (Å²) in [6, 6.07) is 14.3. The molecule has 3 heteroatoms. The van der Waals surface area contributed by atoms with Crippen molar-refractivity contribution in [3.05, 3.63) is 66.0 Å². The lowest BCUT2D eigenvalue weighted by Crippen LogP contribution is -2.35. The number of carbonyl (C=O) groups is 1. The number of carbonyl (C=O) groups excluding carboxylic acids is 1. The molecule has 2 unspecified atom stereocenters. The van der Waals surface area contributed by atoms with Crippen LogP contribution < -0.4 is 0 Å². The molecule has 3 rings (SSSR count). The van der Waals surface area contributed by atoms with Gasteiger partial charge in [-0.2, -0.15) is 0 Å². The highest BCUT2D eigenvalue weighted by molar-refractivity contribution is 5.94. The van der Waals surface area contributed by atoms with Gasteiger partial charge in [-0.25, -0.2) is 0 Å². The molecule has 0 radical (unpaired) electrons. The second-order valence-corrected chi connectivity index (χ2v) is 5.29. The van der Waals surface area contributed by atoms with Crippen molar-refractivity contribution < 1.29 is 4.79 Å². The van der Waals surface area contributed by atoms with Gasteiger partial charge in [0, 0.05) is 30.9 Å². The predicted molar refractivity (Wildman–Crippen MR) is 78.5 cm³/mol. The highest BCUT2D eigenvalue weighted by Gasteiger charge is 2.34. The molecule has 0 N–H and O–H groups in total. The largest absolute Gasteiger partial charge is 0.335 e. The van der Waals surface area contributed by atoms with Crippen LogP contribution in [0.1, 0.15) is 35.2 Å². The molecule has 2 atom stereocenters. The Labute approximate surface area is 119 Å². The van der Waals surface area contributed by atoms with Crippen molar-refractivity contribution in [2.24, 2.45) is 0 Å². The molecular weight excluding hydrogens is 248 g/mol. The van der Waals surface area contributed by atoms with Gasteiger partial charge in [0.1, 0.15) is 0 Å². The maximum Gasteiger partial charge on any atom is 0.255 e. The summed E-state index contributed by atoms with van der Waals surface area (Å²) in [6.07, 6.45) is 4.36. The Morgan fingerprint density at radius 2 is 2.00 bits per heavy atom. The summed E-state index contributed by atoms with van der Waals surface area (Å²) in [5, 5.41) is 0. The summed E-state index contributed by atoms with van der Waals surface area (Å²) >= 11 is 0. The van der Waals surface area contributed by atoms with Crippen molar-refractivity contribution in [3.8, 4) is 0 Å². The van der Waals surface area contributed by atoms with Crippen LogP contribution in [0.5, 0.6) is 0 Å². The van der Waals surface area contributed by atoms with Gasteiger partial charge >= 0.3 is 0 Å². The Morgan fingerprint density at radius 1 is 1.20 bits per heavy atom. The third kappa shape index (κ3) is 2.31. The second-order valence-electron chi connectivity index (χ2n) is 5.29. The van der Waals surface area contributed by atoms with Crippen LogP contribution in [0.4, 0.5) is 0 Å². The Hall–Kier alpha value is -2.16. The van der Waals surface area contributed by atoms with Crippen LogP contribution in [0.15, 0.2) is 54.9 Å². The van der Waals surface area contributed by atoms with Gasteiger partial charge in [-0.3, -0.25) is 9.78 Å². The highest BCUT2D eigenvalue weighted by atomic mass is 16.2. The van der Waals surface area contributed by atoms with Crippen LogP contribution in [0, 0.1) is 0 Å². The summed E-state index contributed by atoms with van der Waals surface area (Å²) in [7, 11) is 0. The molecule has 1 amide bonds. The summed E-state index contributed by atoms with van der Waals surface area (Å²) in [4.78, 5) is 18.5. The normalized spacial score (nSPS) is 21.9. The number of hydrogen-bond donors (Lipinski definition) is 0. The molecule has 1 saturated heterocycles. The van der Waals surface area contributed by atoms with E-state index in [0.29, 0.717) is 11.5 Å². The fourth-order valence-corrected chi connectivity index (χ4v) is 3.03. The Kier molecular flexibility index (Phi) is 3.50. The Balaban J connectivity index is 1.79. The SMILES string of the molecule is CC1C(c2ccccc2)CCN1C(=O)c1cccnc1. The molecule has 20 heavy (non-hydrogen) atoms. The van der Waals surface area contributed by atoms with E-state index in [2.05, 4.69) is 36.2 Å². The minimum atomic E-state index is 0.0871. The van der Waals surface area contributed by atoms with Crippen LogP contribution in [0.2, 0.25) is 0 Å². The number of likely N-dealkylation sites (tertiary alicyclic amines) is 1. The van der Waals surface area contributed by atoms with Crippen molar-refractivity contribution in [3.63, 3.8) is 0 Å². The number of rotatable bonds is 2. The molecule has 102 valence electrons. The van der Waals surface area contributed by atoms with Crippen LogP contribution in [-0.2, 0) is 0 Å². The van der Waals surface area contributed by atoms with Gasteiger partial charge in [0.2, 0.25) is 0 Å². The molecule has 0 saturated carbocycles. The molecule has 0 aliphatic carbocycles. The lowest BCUT2D eigenvalue weighted by Gasteiger charge is -2.25. The first-order chi connectivity index (χ1) is 9.77. The smallest absolute Gasteiger partial charge is 0.255 e. The van der Waals surface area contributed by atoms with E-state index in [0.717, 1.165) is 13.0 Å². The van der Waals surface area contributed by atoms with Gasteiger partial charge in [-0.05, 0) is 31.0 Å². The maximum absolute atomic E-state index is 12.5. The van der Waals surface area contributed by atoms with Crippen molar-refractivity contribution >= 4 is 5.91 Å². The van der Waals surface area contributed by atoms with Gasteiger partial charge in [-0.15, -0.1) is 0 Å². The number of nitrogens with zero attached hydrogens (tertiary/aromatic N) is 2. The summed E-state index contributed by atoms with van der Waals surface area (Å²) < 4.78 is 0. The van der Waals surface area contributed by atoms with Gasteiger partial charge < -0.3 is 4.90 Å². The van der Waals surface area contributed by atoms with E-state index in [1.165, 1.54) is 5.56 Å². The summed E-state index contributed by atoms with van der Waals surface area (Å²) in [5.74, 6) is 0.515. The Bertz CT molecular complexity index is 582. The number of aromatic nitrogens is 1. The minimum absolute atomic E-state index is 0.0871. The van der Waals surface area contributed by atoms with Crippen molar-refractivity contribution in [1.82, 2.24) is 9.88 Å². The lowest BCUT2D eigenvalue weighted by atomic mass is 9.93. The predicted octanol–water partition coefficient (Wildman–Crippen LogP) is 3.10. The molecule has 2 heterocycles. The van der Waals surface area contributed by atoms with Crippen molar-refractivity contribution in [2.45, 2.75) is 25.3 Å². The fraction of sp³-hybridized carbons (Fsp3) is 0.294. The summed E-state index contributed by atoms with van der Waals surface area (Å²) in [5.41, 5.74) is 1.99. The van der Waals surface area contributed by atoms with Gasteiger partial charge in [0.25, 0.3) is 5.91 Å². The van der Waals surface area contributed by atoms with E-state index in [1.54, 1.807) is 12.4 Å². The first kappa shape index (κ1) is 12.9. The topological polar surface area (TPSA) is 33.2 Å². The lowest BCUT2D eigenvalue weighted by molar-refractivity contribution is 0.0741. The van der Waals surface area contributed by atoms with Gasteiger partial charge in [0.15, 0.2) is 0 Å². The van der Waals surface area contributed by atoms with Crippen LogP contribution in [0.25, 0.3) is 0 Å². The maximum atomic E-state index is 12.5. The monoisotopic (exact) mass is 266 g/mol. The van der Waals surface area contributed by atoms with Crippen LogP contribution in [0.3, 0.4) is 0 Å². The molecule has 0 bridgehead atoms. The average Bonchev–Trinajstić information content (AvgIpc) is 2.90. The van der Waals surface area contributed by atoms with Crippen LogP contribution >= 0.6 is 0 Å². The average molecular weight is 266 g/mol. The third-order valence-corrected chi connectivity index (χ3v) is 4.15. The molecule has 1 aliphatic rings. The number of benzene rings is 1. The van der Waals surface area contributed by atoms with E-state index in [-0.39, 0.29) is 11.9 Å². The zero-order valence-corrected chi connectivity index (χ0v) is 11.6. The van der Waals surface area contributed by atoms with E-state index >= 15 is 0 Å². The molecule has 0 spiro atoms. The van der Waals surface area contributed by atoms with E-state index in [9.17, 15) is 4.79 Å². The number of pyridine rings is 1. The molecule has 1 aliphatic heterocycles. The van der Waals surface area contributed by atoms with Gasteiger partial charge in [0.05, 0.1) is 5.56 Å². The third-order valence-electron chi connectivity index (χ3n) is 4.15. The highest BCUT2D eigenvalue weighted by Crippen LogP contribution is 2.33. The number of hydrogen-bond acceptors (Lipinski definition) is 2. The zero-order chi connectivity index (χ0) is 13.9. The molecule has 3 nitrogen and oxygen atoms in total. The first-order valence-electron chi connectivity index (χ1n) is 7.03. The molecular formula is C17H18N2O. The van der Waals surface area contributed by atoms with Crippen LogP contribution in [-0.4, -0.2) is 28.4 Å². The molecule has 1 aromatic heterocycles. The standard InChI is InChI=1S/C17H18N2O/c1-13-16(14-6-3-2-4-7-14)9-11-19(13)17(20)15-8-5-10-18-12-15/h2-8,10,12-13,16H,9,11H2,1H3.